The molecule has 0 saturated carbocycles. The highest BCUT2D eigenvalue weighted by Crippen LogP contribution is 2.28. The number of carbonyl (C=O) groups excluding carboxylic acids is 1. The van der Waals surface area contributed by atoms with Gasteiger partial charge in [-0.2, -0.15) is 0 Å². The highest BCUT2D eigenvalue weighted by molar-refractivity contribution is 7.85. The Morgan fingerprint density at radius 1 is 1.35 bits per heavy atom. The minimum Gasteiger partial charge on any atom is -0.369 e. The Labute approximate surface area is 121 Å². The molecule has 1 amide bonds. The van der Waals surface area contributed by atoms with E-state index in [-0.39, 0.29) is 11.2 Å². The van der Waals surface area contributed by atoms with E-state index in [0.717, 1.165) is 5.70 Å². The second-order valence-corrected chi connectivity index (χ2v) is 6.54. The standard InChI is InChI=1S/C15H18N2O2S/c1-15(12-20(19)11-14(16)18)7-3-2-6-13(10-15)17-8-4-5-9-17/h2-10H,11-12H2,1H3,(H2,16,18). The Kier molecular flexibility index (Phi) is 4.39. The van der Waals surface area contributed by atoms with E-state index in [1.54, 1.807) is 0 Å². The first-order valence-corrected chi connectivity index (χ1v) is 7.83. The second-order valence-electron chi connectivity index (χ2n) is 5.08. The molecule has 1 aliphatic carbocycles. The van der Waals surface area contributed by atoms with Crippen LogP contribution in [0.15, 0.2) is 54.9 Å². The van der Waals surface area contributed by atoms with Crippen molar-refractivity contribution in [3.63, 3.8) is 0 Å². The highest BCUT2D eigenvalue weighted by atomic mass is 32.2. The molecule has 2 rings (SSSR count). The fourth-order valence-corrected chi connectivity index (χ4v) is 3.47. The third-order valence-electron chi connectivity index (χ3n) is 3.01. The number of carbonyl (C=O) groups is 1. The maximum Gasteiger partial charge on any atom is 0.230 e. The molecule has 0 aromatic carbocycles. The number of primary amides is 1. The zero-order chi connectivity index (χ0) is 14.6. The summed E-state index contributed by atoms with van der Waals surface area (Å²) in [5.41, 5.74) is 5.74. The Balaban J connectivity index is 2.23. The maximum absolute atomic E-state index is 12.0. The molecule has 106 valence electrons. The molecule has 2 unspecified atom stereocenters. The van der Waals surface area contributed by atoms with Crippen LogP contribution in [-0.4, -0.2) is 26.2 Å². The maximum atomic E-state index is 12.0. The Bertz CT molecular complexity index is 599. The number of hydrogen-bond donors (Lipinski definition) is 1. The molecule has 1 aromatic rings. The minimum absolute atomic E-state index is 0.0937. The van der Waals surface area contributed by atoms with E-state index in [2.05, 4.69) is 6.08 Å². The third kappa shape index (κ3) is 3.81. The summed E-state index contributed by atoms with van der Waals surface area (Å²) in [7, 11) is -1.26. The van der Waals surface area contributed by atoms with Gasteiger partial charge < -0.3 is 10.3 Å². The molecular weight excluding hydrogens is 272 g/mol. The van der Waals surface area contributed by atoms with Crippen molar-refractivity contribution in [1.29, 1.82) is 0 Å². The molecule has 1 heterocycles. The van der Waals surface area contributed by atoms with Gasteiger partial charge in [-0.3, -0.25) is 9.00 Å². The fraction of sp³-hybridized carbons (Fsp3) is 0.267. The lowest BCUT2D eigenvalue weighted by Gasteiger charge is -2.22. The Morgan fingerprint density at radius 3 is 2.70 bits per heavy atom. The smallest absolute Gasteiger partial charge is 0.230 e. The molecule has 1 aliphatic rings. The summed E-state index contributed by atoms with van der Waals surface area (Å²) in [5, 5.41) is 0. The third-order valence-corrected chi connectivity index (χ3v) is 4.56. The first-order valence-electron chi connectivity index (χ1n) is 6.34. The number of hydrogen-bond acceptors (Lipinski definition) is 2. The van der Waals surface area contributed by atoms with Crippen molar-refractivity contribution in [3.8, 4) is 0 Å². The SMILES string of the molecule is CC1(CS(=O)CC(N)=O)C=CC=CC(n2cccc2)=C1. The van der Waals surface area contributed by atoms with Crippen molar-refractivity contribution < 1.29 is 9.00 Å². The van der Waals surface area contributed by atoms with Crippen LogP contribution in [-0.2, 0) is 15.6 Å². The molecule has 4 nitrogen and oxygen atoms in total. The summed E-state index contributed by atoms with van der Waals surface area (Å²) in [6, 6.07) is 3.91. The van der Waals surface area contributed by atoms with Gasteiger partial charge in [-0.05, 0) is 24.3 Å². The molecule has 0 aliphatic heterocycles. The van der Waals surface area contributed by atoms with Crippen LogP contribution < -0.4 is 5.73 Å². The van der Waals surface area contributed by atoms with Gasteiger partial charge in [-0.25, -0.2) is 0 Å². The van der Waals surface area contributed by atoms with Crippen LogP contribution in [0.1, 0.15) is 6.92 Å². The van der Waals surface area contributed by atoms with Crippen LogP contribution in [0.25, 0.3) is 5.70 Å². The molecular formula is C15H18N2O2S. The number of nitrogens with zero attached hydrogens (tertiary/aromatic N) is 1. The van der Waals surface area contributed by atoms with Gasteiger partial charge in [0.25, 0.3) is 0 Å². The molecule has 0 bridgehead atoms. The van der Waals surface area contributed by atoms with E-state index >= 15 is 0 Å². The van der Waals surface area contributed by atoms with Crippen molar-refractivity contribution in [2.24, 2.45) is 11.1 Å². The lowest BCUT2D eigenvalue weighted by atomic mass is 9.92. The zero-order valence-corrected chi connectivity index (χ0v) is 12.2. The monoisotopic (exact) mass is 290 g/mol. The average Bonchev–Trinajstić information content (AvgIpc) is 2.79. The van der Waals surface area contributed by atoms with Gasteiger partial charge in [0, 0.05) is 40.1 Å². The lowest BCUT2D eigenvalue weighted by molar-refractivity contribution is -0.115. The van der Waals surface area contributed by atoms with Crippen LogP contribution in [0.4, 0.5) is 0 Å². The summed E-state index contributed by atoms with van der Waals surface area (Å²) in [4.78, 5) is 10.9. The van der Waals surface area contributed by atoms with Crippen molar-refractivity contribution >= 4 is 22.4 Å². The van der Waals surface area contributed by atoms with E-state index in [0.29, 0.717) is 5.75 Å². The Morgan fingerprint density at radius 2 is 2.05 bits per heavy atom. The summed E-state index contributed by atoms with van der Waals surface area (Å²) < 4.78 is 14.0. The van der Waals surface area contributed by atoms with Gasteiger partial charge in [-0.15, -0.1) is 0 Å². The van der Waals surface area contributed by atoms with Gasteiger partial charge >= 0.3 is 0 Å². The van der Waals surface area contributed by atoms with E-state index in [1.165, 1.54) is 0 Å². The number of nitrogens with two attached hydrogens (primary N) is 1. The summed E-state index contributed by atoms with van der Waals surface area (Å²) >= 11 is 0. The van der Waals surface area contributed by atoms with Crippen LogP contribution in [0.3, 0.4) is 0 Å². The lowest BCUT2D eigenvalue weighted by Crippen LogP contribution is -2.27. The molecule has 5 heteroatoms. The molecule has 0 fully saturated rings. The van der Waals surface area contributed by atoms with E-state index in [4.69, 9.17) is 5.73 Å². The largest absolute Gasteiger partial charge is 0.369 e. The molecule has 1 aromatic heterocycles. The second kappa shape index (κ2) is 6.05. The molecule has 20 heavy (non-hydrogen) atoms. The fourth-order valence-electron chi connectivity index (χ4n) is 2.18. The van der Waals surface area contributed by atoms with Gasteiger partial charge in [0.2, 0.25) is 5.91 Å². The van der Waals surface area contributed by atoms with E-state index < -0.39 is 16.7 Å². The predicted molar refractivity (Wildman–Crippen MR) is 82.2 cm³/mol. The molecule has 0 radical (unpaired) electrons. The van der Waals surface area contributed by atoms with Crippen molar-refractivity contribution in [2.45, 2.75) is 6.92 Å². The van der Waals surface area contributed by atoms with Crippen LogP contribution in [0, 0.1) is 5.41 Å². The number of amides is 1. The van der Waals surface area contributed by atoms with Crippen molar-refractivity contribution in [2.75, 3.05) is 11.5 Å². The predicted octanol–water partition coefficient (Wildman–Crippen LogP) is 1.70. The van der Waals surface area contributed by atoms with Gasteiger partial charge in [-0.1, -0.05) is 25.2 Å². The van der Waals surface area contributed by atoms with E-state index in [9.17, 15) is 9.00 Å². The average molecular weight is 290 g/mol. The number of aromatic nitrogens is 1. The molecule has 2 N–H and O–H groups in total. The van der Waals surface area contributed by atoms with Crippen molar-refractivity contribution in [3.05, 3.63) is 54.9 Å². The molecule has 2 atom stereocenters. The summed E-state index contributed by atoms with van der Waals surface area (Å²) in [5.74, 6) is -0.250. The van der Waals surface area contributed by atoms with Gasteiger partial charge in [0.15, 0.2) is 0 Å². The molecule has 0 saturated heterocycles. The van der Waals surface area contributed by atoms with E-state index in [1.807, 2.05) is 60.3 Å². The normalized spacial score (nSPS) is 23.1. The first-order chi connectivity index (χ1) is 9.48. The van der Waals surface area contributed by atoms with Crippen LogP contribution in [0.2, 0.25) is 0 Å². The topological polar surface area (TPSA) is 65.1 Å². The number of allylic oxidation sites excluding steroid dienone is 6. The number of rotatable bonds is 5. The Hall–Kier alpha value is -1.88. The minimum atomic E-state index is -1.26. The summed E-state index contributed by atoms with van der Waals surface area (Å²) in [6.07, 6.45) is 13.9. The zero-order valence-electron chi connectivity index (χ0n) is 11.4. The van der Waals surface area contributed by atoms with Gasteiger partial charge in [0.1, 0.15) is 5.75 Å². The summed E-state index contributed by atoms with van der Waals surface area (Å²) in [6.45, 7) is 2.00. The van der Waals surface area contributed by atoms with Crippen LogP contribution in [0.5, 0.6) is 0 Å². The molecule has 0 spiro atoms. The van der Waals surface area contributed by atoms with Crippen molar-refractivity contribution in [1.82, 2.24) is 4.57 Å². The van der Waals surface area contributed by atoms with Crippen LogP contribution >= 0.6 is 0 Å². The first kappa shape index (κ1) is 14.5. The van der Waals surface area contributed by atoms with Gasteiger partial charge in [0.05, 0.1) is 0 Å². The quantitative estimate of drug-likeness (QED) is 0.897. The highest BCUT2D eigenvalue weighted by Gasteiger charge is 2.24.